The molecule has 0 bridgehead atoms. The molecular weight excluding hydrogens is 380 g/mol. The minimum atomic E-state index is -3.74. The zero-order valence-corrected chi connectivity index (χ0v) is 17.1. The van der Waals surface area contributed by atoms with E-state index in [2.05, 4.69) is 0 Å². The van der Waals surface area contributed by atoms with Gasteiger partial charge in [0.05, 0.1) is 17.4 Å². The van der Waals surface area contributed by atoms with Crippen molar-refractivity contribution in [2.24, 2.45) is 5.92 Å². The van der Waals surface area contributed by atoms with E-state index in [-0.39, 0.29) is 22.7 Å². The van der Waals surface area contributed by atoms with Gasteiger partial charge in [-0.3, -0.25) is 9.59 Å². The van der Waals surface area contributed by atoms with E-state index >= 15 is 0 Å². The molecule has 8 heteroatoms. The van der Waals surface area contributed by atoms with Crippen LogP contribution >= 0.6 is 0 Å². The summed E-state index contributed by atoms with van der Waals surface area (Å²) in [6, 6.07) is 7.54. The van der Waals surface area contributed by atoms with Crippen molar-refractivity contribution in [2.45, 2.75) is 50.0 Å². The molecule has 0 spiro atoms. The van der Waals surface area contributed by atoms with Gasteiger partial charge in [0.15, 0.2) is 0 Å². The number of hydrogen-bond donors (Lipinski definition) is 0. The van der Waals surface area contributed by atoms with E-state index in [1.165, 1.54) is 4.31 Å². The van der Waals surface area contributed by atoms with Gasteiger partial charge in [-0.25, -0.2) is 8.42 Å². The van der Waals surface area contributed by atoms with Crippen LogP contribution in [0.2, 0.25) is 0 Å². The summed E-state index contributed by atoms with van der Waals surface area (Å²) in [4.78, 5) is 27.2. The Morgan fingerprint density at radius 3 is 2.54 bits per heavy atom. The van der Waals surface area contributed by atoms with Crippen molar-refractivity contribution in [3.63, 3.8) is 0 Å². The molecule has 7 nitrogen and oxygen atoms in total. The van der Waals surface area contributed by atoms with Crippen LogP contribution in [-0.4, -0.2) is 61.8 Å². The van der Waals surface area contributed by atoms with Gasteiger partial charge >= 0.3 is 5.97 Å². The maximum Gasteiger partial charge on any atom is 0.310 e. The Balaban J connectivity index is 1.78. The molecule has 2 atom stereocenters. The third-order valence-corrected chi connectivity index (χ3v) is 7.36. The van der Waals surface area contributed by atoms with Crippen molar-refractivity contribution in [3.05, 3.63) is 30.3 Å². The molecular formula is C20H28N2O5S. The van der Waals surface area contributed by atoms with Gasteiger partial charge < -0.3 is 9.64 Å². The summed E-state index contributed by atoms with van der Waals surface area (Å²) in [6.07, 6.45) is 3.46. The van der Waals surface area contributed by atoms with Crippen LogP contribution in [0.5, 0.6) is 0 Å². The van der Waals surface area contributed by atoms with Gasteiger partial charge in [0, 0.05) is 19.6 Å². The number of sulfonamides is 1. The third-order valence-electron chi connectivity index (χ3n) is 5.44. The summed E-state index contributed by atoms with van der Waals surface area (Å²) >= 11 is 0. The molecule has 2 aliphatic heterocycles. The van der Waals surface area contributed by atoms with E-state index in [4.69, 9.17) is 4.74 Å². The van der Waals surface area contributed by atoms with Gasteiger partial charge in [0.1, 0.15) is 6.04 Å². The van der Waals surface area contributed by atoms with Crippen LogP contribution in [0.25, 0.3) is 0 Å². The highest BCUT2D eigenvalue weighted by Gasteiger charge is 2.41. The fourth-order valence-corrected chi connectivity index (χ4v) is 5.68. The summed E-state index contributed by atoms with van der Waals surface area (Å²) in [5.41, 5.74) is 0. The number of esters is 1. The molecule has 1 amide bonds. The Labute approximate surface area is 166 Å². The quantitative estimate of drug-likeness (QED) is 0.696. The Hall–Kier alpha value is -1.93. The average Bonchev–Trinajstić information content (AvgIpc) is 2.74. The fourth-order valence-electron chi connectivity index (χ4n) is 4.01. The number of hydrogen-bond acceptors (Lipinski definition) is 5. The molecule has 2 unspecified atom stereocenters. The van der Waals surface area contributed by atoms with Crippen molar-refractivity contribution < 1.29 is 22.7 Å². The smallest absolute Gasteiger partial charge is 0.310 e. The van der Waals surface area contributed by atoms with Gasteiger partial charge in [-0.05, 0) is 44.7 Å². The molecule has 2 heterocycles. The van der Waals surface area contributed by atoms with E-state index in [0.717, 1.165) is 12.8 Å². The number of rotatable bonds is 5. The lowest BCUT2D eigenvalue weighted by molar-refractivity contribution is -0.152. The predicted octanol–water partition coefficient (Wildman–Crippen LogP) is 2.03. The fraction of sp³-hybridized carbons (Fsp3) is 0.600. The molecule has 2 aliphatic rings. The molecule has 2 fully saturated rings. The standard InChI is InChI=1S/C20H28N2O5S/c1-2-27-20(24)16-9-8-13-21(15-16)19(23)18-12-6-7-14-22(18)28(25,26)17-10-4-3-5-11-17/h3-5,10-11,16,18H,2,6-9,12-15H2,1H3. The molecule has 154 valence electrons. The van der Waals surface area contributed by atoms with Crippen LogP contribution in [-0.2, 0) is 24.3 Å². The van der Waals surface area contributed by atoms with Crippen LogP contribution in [0.3, 0.4) is 0 Å². The molecule has 0 radical (unpaired) electrons. The summed E-state index contributed by atoms with van der Waals surface area (Å²) in [7, 11) is -3.74. The monoisotopic (exact) mass is 408 g/mol. The number of carbonyl (C=O) groups excluding carboxylic acids is 2. The molecule has 0 saturated carbocycles. The second-order valence-electron chi connectivity index (χ2n) is 7.32. The lowest BCUT2D eigenvalue weighted by atomic mass is 9.96. The summed E-state index contributed by atoms with van der Waals surface area (Å²) in [5, 5.41) is 0. The van der Waals surface area contributed by atoms with Crippen LogP contribution in [0.1, 0.15) is 39.0 Å². The first-order chi connectivity index (χ1) is 13.4. The number of benzene rings is 1. The maximum atomic E-state index is 13.2. The van der Waals surface area contributed by atoms with Crippen LogP contribution in [0, 0.1) is 5.92 Å². The molecule has 2 saturated heterocycles. The minimum absolute atomic E-state index is 0.201. The SMILES string of the molecule is CCOC(=O)C1CCCN(C(=O)C2CCCCN2S(=O)(=O)c2ccccc2)C1. The van der Waals surface area contributed by atoms with Crippen LogP contribution in [0.4, 0.5) is 0 Å². The number of ether oxygens (including phenoxy) is 1. The zero-order chi connectivity index (χ0) is 20.1. The van der Waals surface area contributed by atoms with Gasteiger partial charge in [-0.1, -0.05) is 24.6 Å². The van der Waals surface area contributed by atoms with Gasteiger partial charge in [-0.15, -0.1) is 0 Å². The molecule has 1 aromatic carbocycles. The lowest BCUT2D eigenvalue weighted by Crippen LogP contribution is -2.55. The van der Waals surface area contributed by atoms with Crippen LogP contribution in [0.15, 0.2) is 35.2 Å². The van der Waals surface area contributed by atoms with E-state index in [1.807, 2.05) is 0 Å². The summed E-state index contributed by atoms with van der Waals surface area (Å²) in [5.74, 6) is -0.814. The summed E-state index contributed by atoms with van der Waals surface area (Å²) < 4.78 is 32.7. The maximum absolute atomic E-state index is 13.2. The number of likely N-dealkylation sites (tertiary alicyclic amines) is 1. The first-order valence-corrected chi connectivity index (χ1v) is 11.4. The molecule has 0 aliphatic carbocycles. The first-order valence-electron chi connectivity index (χ1n) is 9.97. The van der Waals surface area contributed by atoms with Crippen molar-refractivity contribution >= 4 is 21.9 Å². The Bertz CT molecular complexity index is 796. The number of amides is 1. The highest BCUT2D eigenvalue weighted by Crippen LogP contribution is 2.28. The van der Waals surface area contributed by atoms with Gasteiger partial charge in [0.2, 0.25) is 15.9 Å². The largest absolute Gasteiger partial charge is 0.466 e. The average molecular weight is 409 g/mol. The minimum Gasteiger partial charge on any atom is -0.466 e. The third kappa shape index (κ3) is 4.38. The van der Waals surface area contributed by atoms with Gasteiger partial charge in [0.25, 0.3) is 0 Å². The predicted molar refractivity (Wildman–Crippen MR) is 104 cm³/mol. The van der Waals surface area contributed by atoms with E-state index in [0.29, 0.717) is 45.5 Å². The zero-order valence-electron chi connectivity index (χ0n) is 16.2. The van der Waals surface area contributed by atoms with Gasteiger partial charge in [-0.2, -0.15) is 4.31 Å². The number of piperidine rings is 2. The number of nitrogens with zero attached hydrogens (tertiary/aromatic N) is 2. The van der Waals surface area contributed by atoms with E-state index in [1.54, 1.807) is 42.2 Å². The van der Waals surface area contributed by atoms with Crippen molar-refractivity contribution in [1.29, 1.82) is 0 Å². The molecule has 1 aromatic rings. The van der Waals surface area contributed by atoms with E-state index < -0.39 is 16.1 Å². The first kappa shape index (κ1) is 20.8. The van der Waals surface area contributed by atoms with Crippen molar-refractivity contribution in [2.75, 3.05) is 26.2 Å². The Morgan fingerprint density at radius 1 is 1.07 bits per heavy atom. The Kier molecular flexibility index (Phi) is 6.72. The second-order valence-corrected chi connectivity index (χ2v) is 9.21. The van der Waals surface area contributed by atoms with Crippen LogP contribution < -0.4 is 0 Å². The van der Waals surface area contributed by atoms with Crippen molar-refractivity contribution in [3.8, 4) is 0 Å². The van der Waals surface area contributed by atoms with E-state index in [9.17, 15) is 18.0 Å². The highest BCUT2D eigenvalue weighted by atomic mass is 32.2. The Morgan fingerprint density at radius 2 is 1.82 bits per heavy atom. The highest BCUT2D eigenvalue weighted by molar-refractivity contribution is 7.89. The second kappa shape index (κ2) is 9.05. The van der Waals surface area contributed by atoms with Crippen molar-refractivity contribution in [1.82, 2.24) is 9.21 Å². The normalized spacial score (nSPS) is 24.0. The number of carbonyl (C=O) groups is 2. The molecule has 28 heavy (non-hydrogen) atoms. The molecule has 0 aromatic heterocycles. The summed E-state index contributed by atoms with van der Waals surface area (Å²) in [6.45, 7) is 3.26. The molecule has 0 N–H and O–H groups in total. The lowest BCUT2D eigenvalue weighted by Gasteiger charge is -2.39. The molecule has 3 rings (SSSR count). The topological polar surface area (TPSA) is 84.0 Å².